The minimum absolute atomic E-state index is 0.00978. The van der Waals surface area contributed by atoms with Crippen molar-refractivity contribution in [2.24, 2.45) is 0 Å². The molecule has 0 saturated carbocycles. The molecule has 28 heavy (non-hydrogen) atoms. The molecule has 0 aliphatic carbocycles. The zero-order valence-electron chi connectivity index (χ0n) is 17.4. The van der Waals surface area contributed by atoms with Gasteiger partial charge in [-0.25, -0.2) is 0 Å². The predicted octanol–water partition coefficient (Wildman–Crippen LogP) is 1.61. The number of benzene rings is 2. The summed E-state index contributed by atoms with van der Waals surface area (Å²) >= 11 is 0. The summed E-state index contributed by atoms with van der Waals surface area (Å²) in [6.45, 7) is 1.52. The third kappa shape index (κ3) is 6.16. The van der Waals surface area contributed by atoms with Crippen LogP contribution in [0.15, 0.2) is 36.4 Å². The molecule has 0 atom stereocenters. The molecular weight excluding hydrogens is 356 g/mol. The molecule has 0 fully saturated rings. The lowest BCUT2D eigenvalue weighted by molar-refractivity contribution is -0.872. The monoisotopic (exact) mass is 387 g/mol. The van der Waals surface area contributed by atoms with Crippen LogP contribution in [0.5, 0.6) is 17.2 Å². The second-order valence-electron chi connectivity index (χ2n) is 7.01. The van der Waals surface area contributed by atoms with Crippen molar-refractivity contribution in [2.75, 3.05) is 35.4 Å². The number of rotatable bonds is 10. The van der Waals surface area contributed by atoms with Gasteiger partial charge in [-0.2, -0.15) is 0 Å². The molecule has 2 aromatic carbocycles. The van der Waals surface area contributed by atoms with Gasteiger partial charge in [-0.1, -0.05) is 24.3 Å². The zero-order valence-corrected chi connectivity index (χ0v) is 17.4. The van der Waals surface area contributed by atoms with Gasteiger partial charge in [0.25, 0.3) is 0 Å². The maximum absolute atomic E-state index is 12.2. The van der Waals surface area contributed by atoms with Gasteiger partial charge in [-0.3, -0.25) is 4.79 Å². The van der Waals surface area contributed by atoms with Crippen molar-refractivity contribution in [2.45, 2.75) is 25.9 Å². The number of nitrogens with one attached hydrogen (secondary N) is 2. The van der Waals surface area contributed by atoms with Crippen molar-refractivity contribution >= 4 is 5.91 Å². The lowest BCUT2D eigenvalue weighted by atomic mass is 10.1. The molecule has 0 aromatic heterocycles. The summed E-state index contributed by atoms with van der Waals surface area (Å²) in [5.41, 5.74) is 3.34. The Kier molecular flexibility index (Phi) is 8.14. The van der Waals surface area contributed by atoms with Gasteiger partial charge in [0.15, 0.2) is 11.5 Å². The fourth-order valence-corrected chi connectivity index (χ4v) is 3.01. The number of aryl methyl sites for hydroxylation is 1. The third-order valence-electron chi connectivity index (χ3n) is 4.44. The van der Waals surface area contributed by atoms with Gasteiger partial charge in [-0.15, -0.1) is 0 Å². The summed E-state index contributed by atoms with van der Waals surface area (Å²) in [4.78, 5) is 13.6. The van der Waals surface area contributed by atoms with E-state index in [0.717, 1.165) is 17.7 Å². The van der Waals surface area contributed by atoms with E-state index in [2.05, 4.69) is 43.7 Å². The average Bonchev–Trinajstić information content (AvgIpc) is 2.70. The van der Waals surface area contributed by atoms with Crippen molar-refractivity contribution in [1.29, 1.82) is 0 Å². The first-order valence-corrected chi connectivity index (χ1v) is 9.39. The number of hydrogen-bond acceptors (Lipinski definition) is 4. The van der Waals surface area contributed by atoms with Crippen LogP contribution in [0.25, 0.3) is 0 Å². The first-order chi connectivity index (χ1) is 13.5. The Hall–Kier alpha value is -2.73. The van der Waals surface area contributed by atoms with Gasteiger partial charge in [0, 0.05) is 18.5 Å². The summed E-state index contributed by atoms with van der Waals surface area (Å²) < 4.78 is 16.0. The Morgan fingerprint density at radius 2 is 1.46 bits per heavy atom. The largest absolute Gasteiger partial charge is 0.493 e. The minimum Gasteiger partial charge on any atom is -0.493 e. The van der Waals surface area contributed by atoms with Crippen molar-refractivity contribution in [3.05, 3.63) is 53.1 Å². The highest BCUT2D eigenvalue weighted by Crippen LogP contribution is 2.38. The summed E-state index contributed by atoms with van der Waals surface area (Å²) in [6.07, 6.45) is 0.980. The standard InChI is InChI=1S/C22H30N2O4/c1-24(2)15-17-8-6-16(7-9-17)14-23-21(25)11-10-18-12-19(26-3)22(28-5)20(13-18)27-4/h6-9,12-13H,10-11,14-15H2,1-5H3,(H,23,25)/p+1. The number of carbonyl (C=O) groups is 1. The van der Waals surface area contributed by atoms with E-state index >= 15 is 0 Å². The average molecular weight is 388 g/mol. The maximum Gasteiger partial charge on any atom is 0.220 e. The van der Waals surface area contributed by atoms with Gasteiger partial charge in [-0.05, 0) is 29.7 Å². The van der Waals surface area contributed by atoms with Crippen molar-refractivity contribution in [3.8, 4) is 17.2 Å². The fraction of sp³-hybridized carbons (Fsp3) is 0.409. The van der Waals surface area contributed by atoms with Gasteiger partial charge < -0.3 is 24.4 Å². The van der Waals surface area contributed by atoms with Gasteiger partial charge in [0.1, 0.15) is 6.54 Å². The topological polar surface area (TPSA) is 61.2 Å². The van der Waals surface area contributed by atoms with Crippen molar-refractivity contribution < 1.29 is 23.9 Å². The molecule has 0 spiro atoms. The first kappa shape index (κ1) is 21.6. The summed E-state index contributed by atoms with van der Waals surface area (Å²) in [5.74, 6) is 1.75. The highest BCUT2D eigenvalue weighted by Gasteiger charge is 2.14. The number of quaternary nitrogens is 1. The number of amides is 1. The maximum atomic E-state index is 12.2. The van der Waals surface area contributed by atoms with Crippen LogP contribution in [0, 0.1) is 0 Å². The predicted molar refractivity (Wildman–Crippen MR) is 109 cm³/mol. The summed E-state index contributed by atoms with van der Waals surface area (Å²) in [7, 11) is 8.99. The zero-order chi connectivity index (χ0) is 20.5. The highest BCUT2D eigenvalue weighted by atomic mass is 16.5. The molecule has 2 rings (SSSR count). The van der Waals surface area contributed by atoms with Gasteiger partial charge in [0.05, 0.1) is 35.4 Å². The van der Waals surface area contributed by atoms with E-state index in [0.29, 0.717) is 36.6 Å². The van der Waals surface area contributed by atoms with Crippen molar-refractivity contribution in [3.63, 3.8) is 0 Å². The molecule has 0 aliphatic heterocycles. The fourth-order valence-electron chi connectivity index (χ4n) is 3.01. The quantitative estimate of drug-likeness (QED) is 0.650. The lowest BCUT2D eigenvalue weighted by Crippen LogP contribution is -3.04. The molecule has 6 heteroatoms. The van der Waals surface area contributed by atoms with Crippen LogP contribution in [-0.4, -0.2) is 41.3 Å². The Bertz CT molecular complexity index is 748. The highest BCUT2D eigenvalue weighted by molar-refractivity contribution is 5.76. The molecule has 0 saturated heterocycles. The molecule has 0 bridgehead atoms. The molecule has 2 N–H and O–H groups in total. The molecule has 0 aliphatic rings. The number of carbonyl (C=O) groups excluding carboxylic acids is 1. The molecule has 0 heterocycles. The van der Waals surface area contributed by atoms with Crippen molar-refractivity contribution in [1.82, 2.24) is 5.32 Å². The summed E-state index contributed by atoms with van der Waals surface area (Å²) in [5, 5.41) is 2.98. The van der Waals surface area contributed by atoms with Crippen LogP contribution in [0.3, 0.4) is 0 Å². The van der Waals surface area contributed by atoms with Crippen LogP contribution in [0.2, 0.25) is 0 Å². The Balaban J connectivity index is 1.88. The van der Waals surface area contributed by atoms with E-state index in [1.807, 2.05) is 12.1 Å². The number of methoxy groups -OCH3 is 3. The molecule has 6 nitrogen and oxygen atoms in total. The minimum atomic E-state index is 0.00978. The smallest absolute Gasteiger partial charge is 0.220 e. The van der Waals surface area contributed by atoms with Crippen LogP contribution in [0.4, 0.5) is 0 Å². The molecule has 0 radical (unpaired) electrons. The van der Waals surface area contributed by atoms with E-state index in [1.54, 1.807) is 21.3 Å². The number of ether oxygens (including phenoxy) is 3. The van der Waals surface area contributed by atoms with E-state index in [4.69, 9.17) is 14.2 Å². The second kappa shape index (κ2) is 10.6. The molecule has 1 amide bonds. The molecular formula is C22H31N2O4+. The first-order valence-electron chi connectivity index (χ1n) is 9.39. The third-order valence-corrected chi connectivity index (χ3v) is 4.44. The Labute approximate surface area is 167 Å². The normalized spacial score (nSPS) is 10.6. The Morgan fingerprint density at radius 1 is 0.893 bits per heavy atom. The summed E-state index contributed by atoms with van der Waals surface area (Å²) in [6, 6.07) is 12.1. The molecule has 2 aromatic rings. The second-order valence-corrected chi connectivity index (χ2v) is 7.01. The van der Waals surface area contributed by atoms with Gasteiger partial charge >= 0.3 is 0 Å². The molecule has 0 unspecified atom stereocenters. The lowest BCUT2D eigenvalue weighted by Gasteiger charge is -2.14. The molecule has 152 valence electrons. The van der Waals surface area contributed by atoms with Crippen LogP contribution < -0.4 is 24.4 Å². The van der Waals surface area contributed by atoms with E-state index in [-0.39, 0.29) is 5.91 Å². The van der Waals surface area contributed by atoms with E-state index < -0.39 is 0 Å². The van der Waals surface area contributed by atoms with Crippen LogP contribution in [-0.2, 0) is 24.3 Å². The van der Waals surface area contributed by atoms with Crippen LogP contribution >= 0.6 is 0 Å². The number of hydrogen-bond donors (Lipinski definition) is 2. The SMILES string of the molecule is COc1cc(CCC(=O)NCc2ccc(C[NH+](C)C)cc2)cc(OC)c1OC. The van der Waals surface area contributed by atoms with Crippen LogP contribution in [0.1, 0.15) is 23.1 Å². The van der Waals surface area contributed by atoms with E-state index in [9.17, 15) is 4.79 Å². The van der Waals surface area contributed by atoms with E-state index in [1.165, 1.54) is 10.5 Å². The van der Waals surface area contributed by atoms with Gasteiger partial charge in [0.2, 0.25) is 11.7 Å². The Morgan fingerprint density at radius 3 is 1.96 bits per heavy atom.